The highest BCUT2D eigenvalue weighted by Gasteiger charge is 2.46. The van der Waals surface area contributed by atoms with E-state index >= 15 is 0 Å². The Morgan fingerprint density at radius 2 is 1.11 bits per heavy atom. The van der Waals surface area contributed by atoms with Crippen LogP contribution in [0.4, 0.5) is 34.1 Å². The highest BCUT2D eigenvalue weighted by molar-refractivity contribution is 7.00. The van der Waals surface area contributed by atoms with Gasteiger partial charge in [-0.3, -0.25) is 0 Å². The zero-order valence-electron chi connectivity index (χ0n) is 34.7. The van der Waals surface area contributed by atoms with E-state index in [0.29, 0.717) is 13.2 Å². The lowest BCUT2D eigenvalue weighted by Crippen LogP contribution is -2.61. The van der Waals surface area contributed by atoms with Crippen LogP contribution >= 0.6 is 0 Å². The Kier molecular flexibility index (Phi) is 8.29. The molecular formula is C51H53BN2O2. The van der Waals surface area contributed by atoms with E-state index in [2.05, 4.69) is 194 Å². The van der Waals surface area contributed by atoms with Crippen LogP contribution in [0.15, 0.2) is 115 Å². The number of nitrogens with zero attached hydrogens (tertiary/aromatic N) is 2. The number of benzene rings is 6. The Bertz CT molecular complexity index is 2500. The summed E-state index contributed by atoms with van der Waals surface area (Å²) in [5.74, 6) is 1.61. The maximum atomic E-state index is 6.70. The van der Waals surface area contributed by atoms with Gasteiger partial charge in [-0.05, 0) is 116 Å². The molecule has 0 aliphatic carbocycles. The number of anilines is 6. The van der Waals surface area contributed by atoms with Gasteiger partial charge in [0.1, 0.15) is 13.2 Å². The lowest BCUT2D eigenvalue weighted by atomic mass is 9.33. The van der Waals surface area contributed by atoms with Crippen molar-refractivity contribution in [3.05, 3.63) is 138 Å². The molecular weight excluding hydrogens is 683 g/mol. The highest BCUT2D eigenvalue weighted by atomic mass is 16.6. The molecule has 0 saturated heterocycles. The average molecular weight is 737 g/mol. The fraction of sp³-hybridized carbons (Fsp3) is 0.294. The minimum atomic E-state index is -0.0286. The maximum absolute atomic E-state index is 6.70. The van der Waals surface area contributed by atoms with Gasteiger partial charge >= 0.3 is 0 Å². The minimum Gasteiger partial charge on any atom is -0.486 e. The molecule has 3 aliphatic rings. The van der Waals surface area contributed by atoms with E-state index < -0.39 is 0 Å². The van der Waals surface area contributed by atoms with Crippen LogP contribution in [-0.2, 0) is 16.2 Å². The molecule has 0 unspecified atom stereocenters. The zero-order valence-corrected chi connectivity index (χ0v) is 34.7. The quantitative estimate of drug-likeness (QED) is 0.169. The van der Waals surface area contributed by atoms with Crippen molar-refractivity contribution < 1.29 is 9.47 Å². The summed E-state index contributed by atoms with van der Waals surface area (Å²) >= 11 is 0. The third-order valence-electron chi connectivity index (χ3n) is 11.9. The molecule has 0 atom stereocenters. The van der Waals surface area contributed by atoms with E-state index in [1.54, 1.807) is 0 Å². The summed E-state index contributed by atoms with van der Waals surface area (Å²) in [4.78, 5) is 5.01. The molecule has 0 saturated carbocycles. The number of ether oxygens (including phenoxy) is 2. The Labute approximate surface area is 334 Å². The Morgan fingerprint density at radius 1 is 0.518 bits per heavy atom. The van der Waals surface area contributed by atoms with Gasteiger partial charge in [-0.25, -0.2) is 0 Å². The van der Waals surface area contributed by atoms with E-state index in [1.807, 2.05) is 0 Å². The molecule has 3 aliphatic heterocycles. The van der Waals surface area contributed by atoms with Gasteiger partial charge in [0, 0.05) is 28.3 Å². The second-order valence-corrected chi connectivity index (χ2v) is 19.0. The smallest absolute Gasteiger partial charge is 0.252 e. The van der Waals surface area contributed by atoms with Crippen molar-refractivity contribution >= 4 is 57.2 Å². The lowest BCUT2D eigenvalue weighted by molar-refractivity contribution is 0.172. The Balaban J connectivity index is 1.39. The van der Waals surface area contributed by atoms with Crippen LogP contribution < -0.4 is 35.7 Å². The highest BCUT2D eigenvalue weighted by Crippen LogP contribution is 2.52. The van der Waals surface area contributed by atoms with E-state index in [9.17, 15) is 0 Å². The summed E-state index contributed by atoms with van der Waals surface area (Å²) in [5.41, 5.74) is 18.3. The van der Waals surface area contributed by atoms with Crippen LogP contribution in [0.2, 0.25) is 0 Å². The van der Waals surface area contributed by atoms with Gasteiger partial charge in [0.15, 0.2) is 11.5 Å². The number of aryl methyl sites for hydroxylation is 1. The van der Waals surface area contributed by atoms with Gasteiger partial charge in [-0.2, -0.15) is 0 Å². The van der Waals surface area contributed by atoms with Crippen molar-refractivity contribution in [3.63, 3.8) is 0 Å². The van der Waals surface area contributed by atoms with E-state index in [1.165, 1.54) is 66.8 Å². The van der Waals surface area contributed by atoms with Crippen LogP contribution in [-0.4, -0.2) is 19.9 Å². The van der Waals surface area contributed by atoms with Crippen LogP contribution in [0.25, 0.3) is 11.1 Å². The Hall–Kier alpha value is -5.42. The molecule has 56 heavy (non-hydrogen) atoms. The second kappa shape index (κ2) is 12.8. The van der Waals surface area contributed by atoms with E-state index in [4.69, 9.17) is 9.47 Å². The first-order valence-electron chi connectivity index (χ1n) is 20.2. The molecule has 0 N–H and O–H groups in total. The van der Waals surface area contributed by atoms with Crippen LogP contribution in [0.1, 0.15) is 84.6 Å². The molecule has 0 aromatic heterocycles. The van der Waals surface area contributed by atoms with Crippen LogP contribution in [0, 0.1) is 6.92 Å². The summed E-state index contributed by atoms with van der Waals surface area (Å²) in [6.07, 6.45) is 0. The Morgan fingerprint density at radius 3 is 1.77 bits per heavy atom. The van der Waals surface area contributed by atoms with Gasteiger partial charge in [-0.1, -0.05) is 129 Å². The van der Waals surface area contributed by atoms with Crippen molar-refractivity contribution in [2.24, 2.45) is 0 Å². The molecule has 5 heteroatoms. The summed E-state index contributed by atoms with van der Waals surface area (Å²) in [5, 5.41) is 0. The van der Waals surface area contributed by atoms with Crippen molar-refractivity contribution in [1.82, 2.24) is 0 Å². The van der Waals surface area contributed by atoms with Gasteiger partial charge in [0.25, 0.3) is 6.71 Å². The standard InChI is InChI=1S/C51H53BN2O2/c1-32-28-43-46-44(29-32)54(41-23-18-35(50(5,6)7)30-38(41)33-14-12-11-13-15-33)47-39(22-25-45-48(47)56-27-26-55-45)52(46)40-31-36(51(8,9)10)19-24-42(40)53(43)37-20-16-34(17-21-37)49(2,3)4/h11-25,28-31H,26-27H2,1-10H3. The van der Waals surface area contributed by atoms with Gasteiger partial charge in [0.05, 0.1) is 11.4 Å². The molecule has 0 bridgehead atoms. The van der Waals surface area contributed by atoms with Crippen LogP contribution in [0.3, 0.4) is 0 Å². The number of hydrogen-bond donors (Lipinski definition) is 0. The van der Waals surface area contributed by atoms with E-state index in [-0.39, 0.29) is 23.0 Å². The summed E-state index contributed by atoms with van der Waals surface area (Å²) in [6, 6.07) is 43.5. The van der Waals surface area contributed by atoms with Crippen molar-refractivity contribution in [3.8, 4) is 22.6 Å². The molecule has 0 radical (unpaired) electrons. The maximum Gasteiger partial charge on any atom is 0.252 e. The second-order valence-electron chi connectivity index (χ2n) is 19.0. The molecule has 3 heterocycles. The summed E-state index contributed by atoms with van der Waals surface area (Å²) in [7, 11) is 0. The average Bonchev–Trinajstić information content (AvgIpc) is 3.16. The molecule has 6 aromatic carbocycles. The van der Waals surface area contributed by atoms with E-state index in [0.717, 1.165) is 28.6 Å². The largest absolute Gasteiger partial charge is 0.486 e. The first kappa shape index (κ1) is 36.2. The summed E-state index contributed by atoms with van der Waals surface area (Å²) < 4.78 is 13.1. The zero-order chi connectivity index (χ0) is 39.3. The third kappa shape index (κ3) is 5.90. The monoisotopic (exact) mass is 736 g/mol. The number of fused-ring (bicyclic) bond motifs is 6. The van der Waals surface area contributed by atoms with Crippen molar-refractivity contribution in [2.45, 2.75) is 85.5 Å². The van der Waals surface area contributed by atoms with Crippen molar-refractivity contribution in [1.29, 1.82) is 0 Å². The SMILES string of the molecule is Cc1cc2c3c(c1)N(c1ccc(C(C)(C)C)cc1-c1ccccc1)c1c(ccc4c1OCCO4)B3c1cc(C(C)(C)C)ccc1N2c1ccc(C(C)(C)C)cc1. The topological polar surface area (TPSA) is 24.9 Å². The van der Waals surface area contributed by atoms with Gasteiger partial charge < -0.3 is 19.3 Å². The molecule has 0 spiro atoms. The molecule has 0 amide bonds. The normalized spacial score (nSPS) is 14.6. The fourth-order valence-electron chi connectivity index (χ4n) is 8.88. The molecule has 4 nitrogen and oxygen atoms in total. The first-order chi connectivity index (χ1) is 26.6. The predicted octanol–water partition coefficient (Wildman–Crippen LogP) is 11.4. The van der Waals surface area contributed by atoms with Crippen molar-refractivity contribution in [2.75, 3.05) is 23.0 Å². The fourth-order valence-corrected chi connectivity index (χ4v) is 8.88. The molecule has 0 fully saturated rings. The third-order valence-corrected chi connectivity index (χ3v) is 11.9. The lowest BCUT2D eigenvalue weighted by Gasteiger charge is -2.46. The number of hydrogen-bond acceptors (Lipinski definition) is 4. The molecule has 282 valence electrons. The van der Waals surface area contributed by atoms with Gasteiger partial charge in [-0.15, -0.1) is 0 Å². The van der Waals surface area contributed by atoms with Gasteiger partial charge in [0.2, 0.25) is 0 Å². The predicted molar refractivity (Wildman–Crippen MR) is 238 cm³/mol. The summed E-state index contributed by atoms with van der Waals surface area (Å²) in [6.45, 7) is 23.9. The first-order valence-corrected chi connectivity index (χ1v) is 20.2. The minimum absolute atomic E-state index is 0.0247. The molecule has 6 aromatic rings. The van der Waals surface area contributed by atoms with Crippen LogP contribution in [0.5, 0.6) is 11.5 Å². The number of rotatable bonds is 3. The molecule has 9 rings (SSSR count).